The monoisotopic (exact) mass is 328 g/mol. The van der Waals surface area contributed by atoms with Crippen LogP contribution in [0.2, 0.25) is 0 Å². The lowest BCUT2D eigenvalue weighted by Crippen LogP contribution is -2.36. The third-order valence-corrected chi connectivity index (χ3v) is 5.67. The summed E-state index contributed by atoms with van der Waals surface area (Å²) in [4.78, 5) is 24.4. The van der Waals surface area contributed by atoms with Crippen LogP contribution < -0.4 is 0 Å². The molecule has 0 spiro atoms. The first-order chi connectivity index (χ1) is 11.3. The van der Waals surface area contributed by atoms with Gasteiger partial charge in [-0.25, -0.2) is 9.59 Å². The molecule has 4 nitrogen and oxygen atoms in total. The van der Waals surface area contributed by atoms with Gasteiger partial charge in [-0.15, -0.1) is 0 Å². The lowest BCUT2D eigenvalue weighted by Gasteiger charge is -2.28. The zero-order chi connectivity index (χ0) is 17.6. The maximum absolute atomic E-state index is 12.3. The highest BCUT2D eigenvalue weighted by Gasteiger charge is 2.54. The quantitative estimate of drug-likeness (QED) is 0.442. The Kier molecular flexibility index (Phi) is 4.24. The van der Waals surface area contributed by atoms with Crippen LogP contribution in [0, 0.1) is 17.8 Å². The minimum atomic E-state index is -0.456. The summed E-state index contributed by atoms with van der Waals surface area (Å²) >= 11 is 0. The minimum absolute atomic E-state index is 0.109. The van der Waals surface area contributed by atoms with Crippen molar-refractivity contribution in [3.8, 4) is 0 Å². The topological polar surface area (TPSA) is 52.6 Å². The Labute approximate surface area is 142 Å². The summed E-state index contributed by atoms with van der Waals surface area (Å²) in [5.74, 6) is -0.695. The molecule has 2 fully saturated rings. The number of ether oxygens (including phenoxy) is 2. The van der Waals surface area contributed by atoms with Gasteiger partial charge in [-0.2, -0.15) is 0 Å². The van der Waals surface area contributed by atoms with Crippen LogP contribution in [0.5, 0.6) is 0 Å². The minimum Gasteiger partial charge on any atom is -0.458 e. The van der Waals surface area contributed by atoms with Crippen LogP contribution in [0.4, 0.5) is 0 Å². The molecule has 1 saturated carbocycles. The molecule has 2 aliphatic carbocycles. The average molecular weight is 328 g/mol. The second-order valence-electron chi connectivity index (χ2n) is 7.01. The van der Waals surface area contributed by atoms with Gasteiger partial charge in [0, 0.05) is 23.5 Å². The Hall–Kier alpha value is -2.10. The first-order valence-electron chi connectivity index (χ1n) is 8.43. The molecule has 0 amide bonds. The van der Waals surface area contributed by atoms with E-state index in [1.807, 2.05) is 0 Å². The van der Waals surface area contributed by atoms with Gasteiger partial charge < -0.3 is 9.47 Å². The van der Waals surface area contributed by atoms with E-state index < -0.39 is 6.10 Å². The van der Waals surface area contributed by atoms with Gasteiger partial charge in [0.15, 0.2) is 0 Å². The number of hydrogen-bond acceptors (Lipinski definition) is 4. The molecule has 0 aromatic heterocycles. The molecular formula is C20H24O4. The average Bonchev–Trinajstić information content (AvgIpc) is 3.02. The van der Waals surface area contributed by atoms with Crippen molar-refractivity contribution in [2.24, 2.45) is 17.8 Å². The standard InChI is InChI=1S/C20H24O4/c1-6-10(2)19(21)23-15-9-12(4)14-8-7-11(3)16(14)18-17(15)13(5)20(22)24-18/h6-7,14-18H,4-5,8-9H2,1-3H3. The van der Waals surface area contributed by atoms with Gasteiger partial charge in [0.05, 0.1) is 5.92 Å². The zero-order valence-corrected chi connectivity index (χ0v) is 14.5. The third-order valence-electron chi connectivity index (χ3n) is 5.67. The van der Waals surface area contributed by atoms with E-state index in [1.54, 1.807) is 19.9 Å². The SMILES string of the molecule is C=C1CC(OC(=O)C(C)=CC)C2C(=C)C(=O)OC2C2C(C)=CCC12. The number of rotatable bonds is 2. The number of fused-ring (bicyclic) bond motifs is 3. The van der Waals surface area contributed by atoms with E-state index in [-0.39, 0.29) is 35.8 Å². The van der Waals surface area contributed by atoms with Gasteiger partial charge in [-0.05, 0) is 33.1 Å². The lowest BCUT2D eigenvalue weighted by molar-refractivity contribution is -0.148. The number of esters is 2. The fourth-order valence-electron chi connectivity index (χ4n) is 4.16. The van der Waals surface area contributed by atoms with Gasteiger partial charge in [-0.1, -0.05) is 36.5 Å². The van der Waals surface area contributed by atoms with Gasteiger partial charge >= 0.3 is 11.9 Å². The van der Waals surface area contributed by atoms with E-state index in [0.29, 0.717) is 17.6 Å². The molecule has 1 saturated heterocycles. The summed E-state index contributed by atoms with van der Waals surface area (Å²) in [7, 11) is 0. The second-order valence-corrected chi connectivity index (χ2v) is 7.01. The Morgan fingerprint density at radius 2 is 2.08 bits per heavy atom. The molecular weight excluding hydrogens is 304 g/mol. The fraction of sp³-hybridized carbons (Fsp3) is 0.500. The Balaban J connectivity index is 1.96. The Morgan fingerprint density at radius 1 is 1.38 bits per heavy atom. The van der Waals surface area contributed by atoms with Gasteiger partial charge in [0.25, 0.3) is 0 Å². The molecule has 0 radical (unpaired) electrons. The summed E-state index contributed by atoms with van der Waals surface area (Å²) in [5, 5.41) is 0. The molecule has 3 rings (SSSR count). The molecule has 5 unspecified atom stereocenters. The van der Waals surface area contributed by atoms with E-state index in [9.17, 15) is 9.59 Å². The summed E-state index contributed by atoms with van der Waals surface area (Å²) < 4.78 is 11.4. The van der Waals surface area contributed by atoms with E-state index in [0.717, 1.165) is 12.0 Å². The largest absolute Gasteiger partial charge is 0.458 e. The van der Waals surface area contributed by atoms with Gasteiger partial charge in [-0.3, -0.25) is 0 Å². The van der Waals surface area contributed by atoms with Crippen molar-refractivity contribution in [1.82, 2.24) is 0 Å². The first kappa shape index (κ1) is 16.7. The normalized spacial score (nSPS) is 35.8. The van der Waals surface area contributed by atoms with Crippen LogP contribution in [0.3, 0.4) is 0 Å². The maximum Gasteiger partial charge on any atom is 0.334 e. The smallest absolute Gasteiger partial charge is 0.334 e. The van der Waals surface area contributed by atoms with Crippen LogP contribution in [-0.4, -0.2) is 24.1 Å². The van der Waals surface area contributed by atoms with Crippen LogP contribution >= 0.6 is 0 Å². The fourth-order valence-corrected chi connectivity index (χ4v) is 4.16. The molecule has 5 atom stereocenters. The number of carbonyl (C=O) groups excluding carboxylic acids is 2. The van der Waals surface area contributed by atoms with E-state index in [1.165, 1.54) is 5.57 Å². The second kappa shape index (κ2) is 6.08. The zero-order valence-electron chi connectivity index (χ0n) is 14.5. The molecule has 0 bridgehead atoms. The van der Waals surface area contributed by atoms with Crippen LogP contribution in [0.25, 0.3) is 0 Å². The van der Waals surface area contributed by atoms with Crippen LogP contribution in [-0.2, 0) is 19.1 Å². The molecule has 128 valence electrons. The van der Waals surface area contributed by atoms with E-state index >= 15 is 0 Å². The molecule has 4 heteroatoms. The number of carbonyl (C=O) groups is 2. The van der Waals surface area contributed by atoms with Crippen LogP contribution in [0.1, 0.15) is 33.6 Å². The predicted molar refractivity (Wildman–Crippen MR) is 90.9 cm³/mol. The Bertz CT molecular complexity index is 682. The van der Waals surface area contributed by atoms with Gasteiger partial charge in [0.2, 0.25) is 0 Å². The highest BCUT2D eigenvalue weighted by Crippen LogP contribution is 2.50. The number of allylic oxidation sites excluding steroid dienone is 2. The highest BCUT2D eigenvalue weighted by molar-refractivity contribution is 5.91. The lowest BCUT2D eigenvalue weighted by atomic mass is 9.80. The molecule has 24 heavy (non-hydrogen) atoms. The highest BCUT2D eigenvalue weighted by atomic mass is 16.6. The third kappa shape index (κ3) is 2.54. The summed E-state index contributed by atoms with van der Waals surface area (Å²) in [5.41, 5.74) is 3.23. The van der Waals surface area contributed by atoms with E-state index in [4.69, 9.17) is 9.47 Å². The van der Waals surface area contributed by atoms with Gasteiger partial charge in [0.1, 0.15) is 12.2 Å². The van der Waals surface area contributed by atoms with Crippen molar-refractivity contribution in [3.63, 3.8) is 0 Å². The summed E-state index contributed by atoms with van der Waals surface area (Å²) in [6.07, 6.45) is 4.58. The molecule has 1 aliphatic heterocycles. The van der Waals surface area contributed by atoms with Crippen molar-refractivity contribution in [1.29, 1.82) is 0 Å². The summed E-state index contributed by atoms with van der Waals surface area (Å²) in [6.45, 7) is 13.7. The van der Waals surface area contributed by atoms with Crippen molar-refractivity contribution in [2.45, 2.75) is 45.8 Å². The van der Waals surface area contributed by atoms with Crippen molar-refractivity contribution >= 4 is 11.9 Å². The van der Waals surface area contributed by atoms with Crippen molar-refractivity contribution < 1.29 is 19.1 Å². The van der Waals surface area contributed by atoms with Crippen molar-refractivity contribution in [2.75, 3.05) is 0 Å². The molecule has 0 N–H and O–H groups in total. The summed E-state index contributed by atoms with van der Waals surface area (Å²) in [6, 6.07) is 0. The first-order valence-corrected chi connectivity index (χ1v) is 8.43. The maximum atomic E-state index is 12.3. The molecule has 3 aliphatic rings. The Morgan fingerprint density at radius 3 is 2.75 bits per heavy atom. The molecule has 1 heterocycles. The predicted octanol–water partition coefficient (Wildman–Crippen LogP) is 3.50. The number of hydrogen-bond donors (Lipinski definition) is 0. The molecule has 0 aromatic rings. The molecule has 0 aromatic carbocycles. The van der Waals surface area contributed by atoms with Crippen LogP contribution in [0.15, 0.2) is 47.6 Å². The van der Waals surface area contributed by atoms with Crippen molar-refractivity contribution in [3.05, 3.63) is 47.6 Å². The van der Waals surface area contributed by atoms with E-state index in [2.05, 4.69) is 26.2 Å².